The lowest BCUT2D eigenvalue weighted by molar-refractivity contribution is 0.568. The van der Waals surface area contributed by atoms with Gasteiger partial charge in [-0.05, 0) is 38.3 Å². The minimum absolute atomic E-state index is 0.810. The summed E-state index contributed by atoms with van der Waals surface area (Å²) in [6, 6.07) is 8.07. The molecule has 3 heterocycles. The number of hydrogen-bond acceptors (Lipinski definition) is 4. The lowest BCUT2D eigenvalue weighted by atomic mass is 10.1. The molecule has 4 heteroatoms. The highest BCUT2D eigenvalue weighted by molar-refractivity contribution is 6.05. The quantitative estimate of drug-likeness (QED) is 0.674. The first-order valence-corrected chi connectivity index (χ1v) is 7.24. The molecule has 1 aromatic carbocycles. The van der Waals surface area contributed by atoms with Gasteiger partial charge in [-0.15, -0.1) is 0 Å². The van der Waals surface area contributed by atoms with E-state index in [0.29, 0.717) is 0 Å². The number of furan rings is 1. The van der Waals surface area contributed by atoms with Gasteiger partial charge >= 0.3 is 0 Å². The van der Waals surface area contributed by atoms with E-state index >= 15 is 0 Å². The van der Waals surface area contributed by atoms with E-state index in [4.69, 9.17) is 4.42 Å². The molecule has 1 aliphatic heterocycles. The molecule has 102 valence electrons. The molecule has 2 aromatic heterocycles. The van der Waals surface area contributed by atoms with Crippen molar-refractivity contribution in [3.63, 3.8) is 0 Å². The Kier molecular flexibility index (Phi) is 2.62. The summed E-state index contributed by atoms with van der Waals surface area (Å²) in [6.07, 6.45) is 3.76. The van der Waals surface area contributed by atoms with E-state index in [2.05, 4.69) is 20.9 Å². The van der Waals surface area contributed by atoms with E-state index in [9.17, 15) is 0 Å². The number of para-hydroxylation sites is 1. The number of aromatic nitrogens is 2. The van der Waals surface area contributed by atoms with Crippen LogP contribution < -0.4 is 4.90 Å². The first kappa shape index (κ1) is 11.7. The van der Waals surface area contributed by atoms with E-state index in [0.717, 1.165) is 46.8 Å². The Morgan fingerprint density at radius 3 is 2.70 bits per heavy atom. The fraction of sp³-hybridized carbons (Fsp3) is 0.375. The van der Waals surface area contributed by atoms with Crippen molar-refractivity contribution in [2.75, 3.05) is 18.0 Å². The van der Waals surface area contributed by atoms with Crippen LogP contribution in [-0.4, -0.2) is 23.1 Å². The van der Waals surface area contributed by atoms with Crippen molar-refractivity contribution in [2.24, 2.45) is 0 Å². The second-order valence-corrected chi connectivity index (χ2v) is 5.42. The molecule has 1 fully saturated rings. The number of piperidine rings is 1. The minimum atomic E-state index is 0.810. The van der Waals surface area contributed by atoms with Crippen LogP contribution in [0.2, 0.25) is 0 Å². The molecule has 1 aliphatic rings. The third-order valence-electron chi connectivity index (χ3n) is 3.97. The Morgan fingerprint density at radius 2 is 1.85 bits per heavy atom. The fourth-order valence-electron chi connectivity index (χ4n) is 3.01. The van der Waals surface area contributed by atoms with Crippen molar-refractivity contribution in [3.8, 4) is 0 Å². The lowest BCUT2D eigenvalue weighted by Gasteiger charge is -2.27. The SMILES string of the molecule is Cc1nc(N2CCCCC2)c2oc3ccccc3c2n1. The van der Waals surface area contributed by atoms with Crippen LogP contribution in [0.4, 0.5) is 5.82 Å². The summed E-state index contributed by atoms with van der Waals surface area (Å²) in [6.45, 7) is 4.07. The van der Waals surface area contributed by atoms with Crippen LogP contribution in [0.15, 0.2) is 28.7 Å². The first-order chi connectivity index (χ1) is 9.83. The summed E-state index contributed by atoms with van der Waals surface area (Å²) in [4.78, 5) is 11.6. The van der Waals surface area contributed by atoms with Crippen molar-refractivity contribution in [2.45, 2.75) is 26.2 Å². The summed E-state index contributed by atoms with van der Waals surface area (Å²) in [5, 5.41) is 1.08. The van der Waals surface area contributed by atoms with E-state index in [1.807, 2.05) is 25.1 Å². The number of hydrogen-bond donors (Lipinski definition) is 0. The number of benzene rings is 1. The molecule has 0 amide bonds. The van der Waals surface area contributed by atoms with Gasteiger partial charge in [0.2, 0.25) is 0 Å². The molecule has 20 heavy (non-hydrogen) atoms. The Bertz CT molecular complexity index is 772. The van der Waals surface area contributed by atoms with Crippen molar-refractivity contribution in [1.29, 1.82) is 0 Å². The van der Waals surface area contributed by atoms with Crippen LogP contribution in [0, 0.1) is 6.92 Å². The number of anilines is 1. The van der Waals surface area contributed by atoms with Crippen molar-refractivity contribution in [3.05, 3.63) is 30.1 Å². The molecule has 4 rings (SSSR count). The van der Waals surface area contributed by atoms with E-state index in [1.165, 1.54) is 19.3 Å². The molecule has 0 N–H and O–H groups in total. The highest BCUT2D eigenvalue weighted by atomic mass is 16.3. The Balaban J connectivity index is 1.99. The second kappa shape index (κ2) is 4.47. The van der Waals surface area contributed by atoms with E-state index in [-0.39, 0.29) is 0 Å². The van der Waals surface area contributed by atoms with Gasteiger partial charge in [0.25, 0.3) is 0 Å². The maximum atomic E-state index is 6.03. The highest BCUT2D eigenvalue weighted by Crippen LogP contribution is 2.33. The van der Waals surface area contributed by atoms with Gasteiger partial charge in [0.1, 0.15) is 16.9 Å². The van der Waals surface area contributed by atoms with Gasteiger partial charge in [0, 0.05) is 18.5 Å². The summed E-state index contributed by atoms with van der Waals surface area (Å²) < 4.78 is 6.03. The van der Waals surface area contributed by atoms with E-state index in [1.54, 1.807) is 0 Å². The Labute approximate surface area is 117 Å². The molecule has 0 spiro atoms. The average Bonchev–Trinajstić information content (AvgIpc) is 2.86. The van der Waals surface area contributed by atoms with Gasteiger partial charge in [0.05, 0.1) is 0 Å². The smallest absolute Gasteiger partial charge is 0.196 e. The zero-order valence-electron chi connectivity index (χ0n) is 11.6. The number of rotatable bonds is 1. The molecule has 0 saturated carbocycles. The van der Waals surface area contributed by atoms with Crippen LogP contribution in [0.25, 0.3) is 22.1 Å². The average molecular weight is 267 g/mol. The summed E-state index contributed by atoms with van der Waals surface area (Å²) >= 11 is 0. The molecule has 0 aliphatic carbocycles. The van der Waals surface area contributed by atoms with Gasteiger partial charge in [-0.25, -0.2) is 9.97 Å². The molecular weight excluding hydrogens is 250 g/mol. The largest absolute Gasteiger partial charge is 0.450 e. The summed E-state index contributed by atoms with van der Waals surface area (Å²) in [7, 11) is 0. The number of nitrogens with zero attached hydrogens (tertiary/aromatic N) is 3. The molecule has 1 saturated heterocycles. The molecule has 0 unspecified atom stereocenters. The van der Waals surface area contributed by atoms with Gasteiger partial charge < -0.3 is 9.32 Å². The van der Waals surface area contributed by atoms with Gasteiger partial charge in [-0.3, -0.25) is 0 Å². The predicted octanol–water partition coefficient (Wildman–Crippen LogP) is 3.67. The third-order valence-corrected chi connectivity index (χ3v) is 3.97. The van der Waals surface area contributed by atoms with Crippen LogP contribution in [0.1, 0.15) is 25.1 Å². The Hall–Kier alpha value is -2.10. The van der Waals surface area contributed by atoms with Gasteiger partial charge in [-0.1, -0.05) is 12.1 Å². The molecule has 3 aromatic rings. The van der Waals surface area contributed by atoms with Crippen molar-refractivity contribution < 1.29 is 4.42 Å². The van der Waals surface area contributed by atoms with Crippen LogP contribution in [-0.2, 0) is 0 Å². The third kappa shape index (κ3) is 1.75. The molecule has 0 atom stereocenters. The molecular formula is C16H17N3O. The standard InChI is InChI=1S/C16H17N3O/c1-11-17-14-12-7-3-4-8-13(12)20-15(14)16(18-11)19-9-5-2-6-10-19/h3-4,7-8H,2,5-6,9-10H2,1H3. The molecule has 0 radical (unpaired) electrons. The predicted molar refractivity (Wildman–Crippen MR) is 80.1 cm³/mol. The topological polar surface area (TPSA) is 42.2 Å². The van der Waals surface area contributed by atoms with Gasteiger partial charge in [0.15, 0.2) is 11.4 Å². The maximum Gasteiger partial charge on any atom is 0.196 e. The fourth-order valence-corrected chi connectivity index (χ4v) is 3.01. The van der Waals surface area contributed by atoms with Crippen LogP contribution in [0.3, 0.4) is 0 Å². The summed E-state index contributed by atoms with van der Waals surface area (Å²) in [5.74, 6) is 1.77. The minimum Gasteiger partial charge on any atom is -0.450 e. The lowest BCUT2D eigenvalue weighted by Crippen LogP contribution is -2.30. The van der Waals surface area contributed by atoms with Crippen LogP contribution >= 0.6 is 0 Å². The van der Waals surface area contributed by atoms with Gasteiger partial charge in [-0.2, -0.15) is 0 Å². The zero-order valence-corrected chi connectivity index (χ0v) is 11.6. The normalized spacial score (nSPS) is 16.1. The van der Waals surface area contributed by atoms with Crippen molar-refractivity contribution >= 4 is 27.9 Å². The highest BCUT2D eigenvalue weighted by Gasteiger charge is 2.20. The molecule has 4 nitrogen and oxygen atoms in total. The number of aryl methyl sites for hydroxylation is 1. The van der Waals surface area contributed by atoms with E-state index < -0.39 is 0 Å². The van der Waals surface area contributed by atoms with Crippen LogP contribution in [0.5, 0.6) is 0 Å². The number of fused-ring (bicyclic) bond motifs is 3. The second-order valence-electron chi connectivity index (χ2n) is 5.42. The summed E-state index contributed by atoms with van der Waals surface area (Å²) in [5.41, 5.74) is 2.66. The zero-order chi connectivity index (χ0) is 13.5. The monoisotopic (exact) mass is 267 g/mol. The first-order valence-electron chi connectivity index (χ1n) is 7.24. The Morgan fingerprint density at radius 1 is 1.05 bits per heavy atom. The maximum absolute atomic E-state index is 6.03. The van der Waals surface area contributed by atoms with Crippen molar-refractivity contribution in [1.82, 2.24) is 9.97 Å². The molecule has 0 bridgehead atoms.